The minimum atomic E-state index is -1.68. The van der Waals surface area contributed by atoms with Crippen LogP contribution in [0.4, 0.5) is 4.79 Å². The monoisotopic (exact) mass is 1440 g/mol. The van der Waals surface area contributed by atoms with E-state index in [0.29, 0.717) is 28.2 Å². The Kier molecular flexibility index (Phi) is 25.8. The molecule has 1 aliphatic carbocycles. The van der Waals surface area contributed by atoms with E-state index >= 15 is 9.59 Å². The average Bonchev–Trinajstić information content (AvgIpc) is 1.61. The number of phenols is 1. The molecular weight excluding hydrogens is 1350 g/mol. The SMILES string of the molecule is COc1ccc(CC[C@H]2OC(=O)[C@@H]3CN(C(=O)OCC4c5ccccc5-c5ccccc54)CCN3C(=O)C(=O)C(C)(C)COC(=O)C=CCCN(C)C(=O)[C@@H](Cc3ccccc3)NC(=O)CN(C)C(=O)[C@@H](Cc3ccccc3)NC(=O)[C@H](Cc3ccc(O)cc3)N(C)C(=O)COc3cccc2c3)cc1OC. The highest BCUT2D eigenvalue weighted by Crippen LogP contribution is 2.45. The van der Waals surface area contributed by atoms with Gasteiger partial charge in [-0.15, -0.1) is 0 Å². The average molecular weight is 1440 g/mol. The molecule has 0 saturated carbocycles. The molecule has 2 aliphatic heterocycles. The third-order valence-electron chi connectivity index (χ3n) is 19.2. The zero-order chi connectivity index (χ0) is 75.6. The van der Waals surface area contributed by atoms with Crippen molar-refractivity contribution in [2.45, 2.75) is 88.6 Å². The largest absolute Gasteiger partial charge is 0.508 e. The molecule has 554 valence electrons. The summed E-state index contributed by atoms with van der Waals surface area (Å²) >= 11 is 0. The number of cyclic esters (lactones) is 2. The van der Waals surface area contributed by atoms with Gasteiger partial charge in [0.05, 0.1) is 32.7 Å². The van der Waals surface area contributed by atoms with Crippen molar-refractivity contribution in [3.05, 3.63) is 227 Å². The number of Topliss-reactive ketones (excluding diaryl/α,β-unsaturated/α-hetero) is 1. The van der Waals surface area contributed by atoms with Crippen molar-refractivity contribution in [2.24, 2.45) is 5.41 Å². The Morgan fingerprint density at radius 2 is 1.23 bits per heavy atom. The van der Waals surface area contributed by atoms with Crippen molar-refractivity contribution >= 4 is 59.3 Å². The van der Waals surface area contributed by atoms with Gasteiger partial charge in [-0.2, -0.15) is 0 Å². The van der Waals surface area contributed by atoms with Gasteiger partial charge in [-0.1, -0.05) is 146 Å². The molecule has 3 aliphatic rings. The van der Waals surface area contributed by atoms with Gasteiger partial charge in [0.15, 0.2) is 18.1 Å². The minimum absolute atomic E-state index is 0.0362. The Morgan fingerprint density at radius 3 is 1.88 bits per heavy atom. The second-order valence-electron chi connectivity index (χ2n) is 27.2. The molecule has 24 nitrogen and oxygen atoms in total. The van der Waals surface area contributed by atoms with Crippen LogP contribution in [-0.4, -0.2) is 201 Å². The van der Waals surface area contributed by atoms with Crippen LogP contribution in [0.1, 0.15) is 77.7 Å². The number of methoxy groups -OCH3 is 2. The van der Waals surface area contributed by atoms with E-state index in [-0.39, 0.29) is 82.2 Å². The first-order chi connectivity index (χ1) is 51.0. The van der Waals surface area contributed by atoms with E-state index < -0.39 is 121 Å². The van der Waals surface area contributed by atoms with Crippen LogP contribution in [0.25, 0.3) is 11.1 Å². The number of nitrogens with one attached hydrogen (secondary N) is 2. The molecule has 1 fully saturated rings. The molecule has 0 unspecified atom stereocenters. The summed E-state index contributed by atoms with van der Waals surface area (Å²) in [6, 6.07) is 46.0. The fourth-order valence-corrected chi connectivity index (χ4v) is 13.2. The van der Waals surface area contributed by atoms with E-state index in [2.05, 4.69) is 10.6 Å². The molecule has 0 spiro atoms. The summed E-state index contributed by atoms with van der Waals surface area (Å²) < 4.78 is 35.5. The molecule has 1 saturated heterocycles. The lowest BCUT2D eigenvalue weighted by Crippen LogP contribution is -2.62. The van der Waals surface area contributed by atoms with E-state index in [1.165, 1.54) is 82.1 Å². The van der Waals surface area contributed by atoms with Crippen LogP contribution in [0, 0.1) is 5.41 Å². The number of ether oxygens (including phenoxy) is 6. The van der Waals surface area contributed by atoms with Gasteiger partial charge in [-0.25, -0.2) is 14.4 Å². The number of aromatic hydroxyl groups is 1. The Hall–Kier alpha value is -11.8. The zero-order valence-corrected chi connectivity index (χ0v) is 60.5. The predicted molar refractivity (Wildman–Crippen MR) is 392 cm³/mol. The van der Waals surface area contributed by atoms with Gasteiger partial charge in [0.1, 0.15) is 55.0 Å². The first-order valence-corrected chi connectivity index (χ1v) is 35.1. The van der Waals surface area contributed by atoms with Crippen LogP contribution in [0.2, 0.25) is 0 Å². The number of carbonyl (C=O) groups excluding carboxylic acids is 10. The molecular formula is C82H89N7O17. The molecule has 5 atom stereocenters. The summed E-state index contributed by atoms with van der Waals surface area (Å²) in [6.45, 7) is 0.131. The Morgan fingerprint density at radius 1 is 0.623 bits per heavy atom. The summed E-state index contributed by atoms with van der Waals surface area (Å²) in [4.78, 5) is 152. The summed E-state index contributed by atoms with van der Waals surface area (Å²) in [7, 11) is 7.34. The van der Waals surface area contributed by atoms with E-state index in [9.17, 15) is 43.5 Å². The maximum Gasteiger partial charge on any atom is 0.409 e. The Labute approximate surface area is 616 Å². The summed E-state index contributed by atoms with van der Waals surface area (Å²) in [5.41, 5.74) is 5.33. The molecule has 0 aromatic heterocycles. The van der Waals surface area contributed by atoms with Crippen LogP contribution in [0.5, 0.6) is 23.0 Å². The van der Waals surface area contributed by atoms with Crippen LogP contribution in [0.15, 0.2) is 188 Å². The zero-order valence-electron chi connectivity index (χ0n) is 60.5. The van der Waals surface area contributed by atoms with E-state index in [1.54, 1.807) is 103 Å². The summed E-state index contributed by atoms with van der Waals surface area (Å²) in [5.74, 6) is -6.57. The predicted octanol–water partition coefficient (Wildman–Crippen LogP) is 8.01. The quantitative estimate of drug-likeness (QED) is 0.0560. The maximum absolute atomic E-state index is 15.4. The van der Waals surface area contributed by atoms with Gasteiger partial charge in [0.2, 0.25) is 29.4 Å². The van der Waals surface area contributed by atoms with Crippen LogP contribution >= 0.6 is 0 Å². The van der Waals surface area contributed by atoms with Gasteiger partial charge in [-0.3, -0.25) is 33.6 Å². The van der Waals surface area contributed by atoms with Crippen LogP contribution in [0.3, 0.4) is 0 Å². The lowest BCUT2D eigenvalue weighted by molar-refractivity contribution is -0.166. The van der Waals surface area contributed by atoms with Crippen molar-refractivity contribution in [2.75, 3.05) is 87.9 Å². The van der Waals surface area contributed by atoms with Gasteiger partial charge < -0.3 is 68.7 Å². The minimum Gasteiger partial charge on any atom is -0.508 e. The number of likely N-dealkylation sites (N-methyl/N-ethyl adjacent to an activating group) is 3. The van der Waals surface area contributed by atoms with E-state index in [1.807, 2.05) is 60.7 Å². The second-order valence-corrected chi connectivity index (χ2v) is 27.2. The summed E-state index contributed by atoms with van der Waals surface area (Å²) in [5, 5.41) is 16.0. The van der Waals surface area contributed by atoms with Gasteiger partial charge in [-0.05, 0) is 120 Å². The number of phenolic OH excluding ortho intramolecular Hbond substituents is 1. The third-order valence-corrected chi connectivity index (χ3v) is 19.2. The fourth-order valence-electron chi connectivity index (χ4n) is 13.2. The van der Waals surface area contributed by atoms with Crippen molar-refractivity contribution in [3.63, 3.8) is 0 Å². The number of rotatable bonds is 13. The summed E-state index contributed by atoms with van der Waals surface area (Å²) in [6.07, 6.45) is 1.06. The Bertz CT molecular complexity index is 4310. The van der Waals surface area contributed by atoms with Crippen molar-refractivity contribution in [1.82, 2.24) is 35.1 Å². The number of amides is 7. The van der Waals surface area contributed by atoms with Gasteiger partial charge >= 0.3 is 18.0 Å². The highest BCUT2D eigenvalue weighted by Gasteiger charge is 2.46. The number of piperazine rings is 1. The second kappa shape index (κ2) is 35.6. The number of fused-ring (bicyclic) bond motifs is 6. The number of ketones is 1. The molecule has 7 aromatic carbocycles. The van der Waals surface area contributed by atoms with Gasteiger partial charge in [0.25, 0.3) is 11.8 Å². The lowest BCUT2D eigenvalue weighted by Gasteiger charge is -2.40. The molecule has 2 bridgehead atoms. The van der Waals surface area contributed by atoms with Crippen LogP contribution in [-0.2, 0) is 83.0 Å². The number of hydrogen-bond donors (Lipinski definition) is 3. The molecule has 106 heavy (non-hydrogen) atoms. The van der Waals surface area contributed by atoms with Crippen molar-refractivity contribution in [1.29, 1.82) is 0 Å². The van der Waals surface area contributed by atoms with Crippen LogP contribution < -0.4 is 24.8 Å². The topological polar surface area (TPSA) is 287 Å². The maximum atomic E-state index is 15.4. The number of esters is 2. The number of nitrogens with zero attached hydrogens (tertiary/aromatic N) is 5. The molecule has 0 radical (unpaired) electrons. The molecule has 7 aromatic rings. The Balaban J connectivity index is 0.973. The lowest BCUT2D eigenvalue weighted by atomic mass is 9.87. The van der Waals surface area contributed by atoms with E-state index in [4.69, 9.17) is 28.4 Å². The van der Waals surface area contributed by atoms with E-state index in [0.717, 1.165) is 49.3 Å². The fraction of sp³-hybridized carbons (Fsp3) is 0.341. The molecule has 2 heterocycles. The van der Waals surface area contributed by atoms with Crippen molar-refractivity contribution < 1.29 is 81.5 Å². The number of hydrogen-bond acceptors (Lipinski definition) is 17. The first-order valence-electron chi connectivity index (χ1n) is 35.1. The number of benzene rings is 7. The molecule has 3 N–H and O–H groups in total. The highest BCUT2D eigenvalue weighted by molar-refractivity contribution is 6.38. The highest BCUT2D eigenvalue weighted by atomic mass is 16.6. The first kappa shape index (κ1) is 76.8. The molecule has 7 amide bonds. The van der Waals surface area contributed by atoms with Gasteiger partial charge in [0, 0.05) is 72.0 Å². The van der Waals surface area contributed by atoms with Crippen molar-refractivity contribution in [3.8, 4) is 34.1 Å². The number of aryl methyl sites for hydroxylation is 1. The molecule has 10 rings (SSSR count). The normalized spacial score (nSPS) is 20.0. The smallest absolute Gasteiger partial charge is 0.409 e. The number of carbonyl (C=O) groups is 10. The third kappa shape index (κ3) is 19.5. The standard InChI is InChI=1S/C82H89N7O17/c1-82(2)52-105-74(93)31-18-19-40-85(3)77(96)65(43-53-21-10-8-11-22-53)83-72(91)49-86(4)78(97)66(44-54-23-12-9-13-24-54)84-76(95)67(45-55-32-36-58(90)37-33-55)87(5)73(92)51-103-59-26-20-25-57(47-59)69(38-34-56-35-39-70(101-6)71(46-56)102-7)106-80(99)68-48-88(41-42-89(68)79(98)75(82)94)81(100)104-50-64-62-29-16-14-27-60(62)61-28-15-17-30-63(61)64/h8-18,20-33,35-37,39,46-47,64-69,90H,19,34,38,40-45,48-52H2,1-7H3,(H,83,91)(H,84,95)/t65-,66-,67+,68+,69-/m1/s1. The molecule has 24 heteroatoms.